The number of hydrogen-bond donors (Lipinski definition) is 0. The van der Waals surface area contributed by atoms with Gasteiger partial charge in [0.25, 0.3) is 0 Å². The van der Waals surface area contributed by atoms with Crippen LogP contribution in [0.1, 0.15) is 12.5 Å². The van der Waals surface area contributed by atoms with Crippen molar-refractivity contribution in [3.63, 3.8) is 0 Å². The fourth-order valence-corrected chi connectivity index (χ4v) is 2.07. The van der Waals surface area contributed by atoms with Gasteiger partial charge in [-0.05, 0) is 6.42 Å². The van der Waals surface area contributed by atoms with Gasteiger partial charge < -0.3 is 0 Å². The van der Waals surface area contributed by atoms with Gasteiger partial charge in [0.15, 0.2) is 6.71 Å². The Morgan fingerprint density at radius 3 is 3.00 bits per heavy atom. The van der Waals surface area contributed by atoms with E-state index in [0.717, 1.165) is 6.71 Å². The second-order valence-corrected chi connectivity index (χ2v) is 3.34. The van der Waals surface area contributed by atoms with Gasteiger partial charge in [0.1, 0.15) is 0 Å². The number of benzene rings is 1. The van der Waals surface area contributed by atoms with Crippen LogP contribution in [0.2, 0.25) is 12.6 Å². The van der Waals surface area contributed by atoms with E-state index in [9.17, 15) is 0 Å². The number of aryl methyl sites for hydroxylation is 1. The van der Waals surface area contributed by atoms with Gasteiger partial charge in [-0.2, -0.15) is 0 Å². The maximum absolute atomic E-state index is 2.29. The average Bonchev–Trinajstić information content (AvgIpc) is 2.47. The molecule has 1 aromatic rings. The van der Waals surface area contributed by atoms with E-state index in [1.807, 2.05) is 0 Å². The maximum Gasteiger partial charge on any atom is 0.176 e. The molecular formula is C10H13B. The third-order valence-corrected chi connectivity index (χ3v) is 2.75. The van der Waals surface area contributed by atoms with Crippen LogP contribution >= 0.6 is 0 Å². The summed E-state index contributed by atoms with van der Waals surface area (Å²) >= 11 is 0. The van der Waals surface area contributed by atoms with Crippen molar-refractivity contribution in [2.45, 2.75) is 26.0 Å². The summed E-state index contributed by atoms with van der Waals surface area (Å²) in [5.41, 5.74) is 3.19. The molecule has 1 aromatic carbocycles. The topological polar surface area (TPSA) is 0 Å². The van der Waals surface area contributed by atoms with E-state index in [-0.39, 0.29) is 0 Å². The SMILES string of the molecule is CCB1CCc2ccccc21. The fraction of sp³-hybridized carbons (Fsp3) is 0.400. The molecule has 11 heavy (non-hydrogen) atoms. The summed E-state index contributed by atoms with van der Waals surface area (Å²) in [5, 5.41) is 0. The second kappa shape index (κ2) is 2.73. The summed E-state index contributed by atoms with van der Waals surface area (Å²) in [5.74, 6) is 0. The van der Waals surface area contributed by atoms with Crippen LogP contribution in [0.25, 0.3) is 0 Å². The largest absolute Gasteiger partial charge is 0.176 e. The van der Waals surface area contributed by atoms with Crippen molar-refractivity contribution < 1.29 is 0 Å². The van der Waals surface area contributed by atoms with Crippen molar-refractivity contribution in [2.24, 2.45) is 0 Å². The van der Waals surface area contributed by atoms with Gasteiger partial charge in [-0.3, -0.25) is 0 Å². The highest BCUT2D eigenvalue weighted by atomic mass is 14.1. The van der Waals surface area contributed by atoms with E-state index in [4.69, 9.17) is 0 Å². The molecule has 0 nitrogen and oxygen atoms in total. The molecule has 0 bridgehead atoms. The molecule has 1 aliphatic heterocycles. The highest BCUT2D eigenvalue weighted by Gasteiger charge is 2.22. The Bertz CT molecular complexity index is 255. The molecule has 0 aliphatic carbocycles. The summed E-state index contributed by atoms with van der Waals surface area (Å²) in [7, 11) is 0. The first kappa shape index (κ1) is 6.96. The Morgan fingerprint density at radius 1 is 1.36 bits per heavy atom. The van der Waals surface area contributed by atoms with Crippen LogP contribution in [0.5, 0.6) is 0 Å². The average molecular weight is 144 g/mol. The molecule has 0 unspecified atom stereocenters. The lowest BCUT2D eigenvalue weighted by atomic mass is 9.44. The lowest BCUT2D eigenvalue weighted by Crippen LogP contribution is -2.24. The van der Waals surface area contributed by atoms with E-state index in [0.29, 0.717) is 0 Å². The first-order valence-electron chi connectivity index (χ1n) is 4.49. The Labute approximate surface area is 68.7 Å². The minimum atomic E-state index is 0.853. The maximum atomic E-state index is 2.29. The third kappa shape index (κ3) is 1.09. The Kier molecular flexibility index (Phi) is 1.73. The van der Waals surface area contributed by atoms with Gasteiger partial charge in [-0.1, -0.05) is 54.9 Å². The predicted octanol–water partition coefficient (Wildman–Crippen LogP) is 1.96. The van der Waals surface area contributed by atoms with Crippen molar-refractivity contribution in [2.75, 3.05) is 0 Å². The molecule has 0 saturated carbocycles. The first-order chi connectivity index (χ1) is 5.42. The summed E-state index contributed by atoms with van der Waals surface area (Å²) in [6, 6.07) is 8.87. The highest BCUT2D eigenvalue weighted by Crippen LogP contribution is 2.15. The van der Waals surface area contributed by atoms with E-state index >= 15 is 0 Å². The molecule has 0 spiro atoms. The second-order valence-electron chi connectivity index (χ2n) is 3.34. The van der Waals surface area contributed by atoms with Crippen molar-refractivity contribution in [1.29, 1.82) is 0 Å². The summed E-state index contributed by atoms with van der Waals surface area (Å²) in [6.07, 6.45) is 3.97. The van der Waals surface area contributed by atoms with E-state index in [2.05, 4.69) is 31.2 Å². The Morgan fingerprint density at radius 2 is 2.18 bits per heavy atom. The van der Waals surface area contributed by atoms with Gasteiger partial charge in [-0.15, -0.1) is 0 Å². The molecule has 0 atom stereocenters. The van der Waals surface area contributed by atoms with Gasteiger partial charge >= 0.3 is 0 Å². The van der Waals surface area contributed by atoms with E-state index in [1.54, 1.807) is 11.0 Å². The zero-order chi connectivity index (χ0) is 7.68. The highest BCUT2D eigenvalue weighted by molar-refractivity contribution is 6.74. The first-order valence-corrected chi connectivity index (χ1v) is 4.49. The number of hydrogen-bond acceptors (Lipinski definition) is 0. The van der Waals surface area contributed by atoms with Crippen molar-refractivity contribution in [3.05, 3.63) is 29.8 Å². The van der Waals surface area contributed by atoms with Gasteiger partial charge in [-0.25, -0.2) is 0 Å². The van der Waals surface area contributed by atoms with Gasteiger partial charge in [0.2, 0.25) is 0 Å². The lowest BCUT2D eigenvalue weighted by molar-refractivity contribution is 1.16. The molecule has 1 heterocycles. The molecular weight excluding hydrogens is 131 g/mol. The quantitative estimate of drug-likeness (QED) is 0.528. The van der Waals surface area contributed by atoms with Gasteiger partial charge in [0.05, 0.1) is 0 Å². The van der Waals surface area contributed by atoms with Crippen molar-refractivity contribution >= 4 is 12.2 Å². The minimum absolute atomic E-state index is 0.853. The zero-order valence-corrected chi connectivity index (χ0v) is 7.01. The third-order valence-electron chi connectivity index (χ3n) is 2.75. The summed E-state index contributed by atoms with van der Waals surface area (Å²) in [6.45, 7) is 3.14. The predicted molar refractivity (Wildman–Crippen MR) is 50.8 cm³/mol. The molecule has 0 amide bonds. The van der Waals surface area contributed by atoms with Crippen LogP contribution in [0.15, 0.2) is 24.3 Å². The lowest BCUT2D eigenvalue weighted by Gasteiger charge is -2.02. The molecule has 0 saturated heterocycles. The van der Waals surface area contributed by atoms with Crippen LogP contribution < -0.4 is 5.46 Å². The molecule has 1 aliphatic rings. The zero-order valence-electron chi connectivity index (χ0n) is 7.01. The molecule has 1 heteroatoms. The summed E-state index contributed by atoms with van der Waals surface area (Å²) in [4.78, 5) is 0. The standard InChI is InChI=1S/C10H13B/c1-2-11-8-7-9-5-3-4-6-10(9)11/h3-6H,2,7-8H2,1H3. The Hall–Kier alpha value is -0.715. The Balaban J connectivity index is 2.39. The fourth-order valence-electron chi connectivity index (χ4n) is 2.07. The normalized spacial score (nSPS) is 15.2. The number of rotatable bonds is 1. The van der Waals surface area contributed by atoms with Crippen LogP contribution in [-0.2, 0) is 6.42 Å². The van der Waals surface area contributed by atoms with E-state index in [1.165, 1.54) is 19.1 Å². The van der Waals surface area contributed by atoms with Crippen LogP contribution in [-0.4, -0.2) is 6.71 Å². The van der Waals surface area contributed by atoms with Crippen LogP contribution in [0.3, 0.4) is 0 Å². The monoisotopic (exact) mass is 144 g/mol. The molecule has 0 aromatic heterocycles. The number of fused-ring (bicyclic) bond motifs is 1. The summed E-state index contributed by atoms with van der Waals surface area (Å²) < 4.78 is 0. The van der Waals surface area contributed by atoms with Gasteiger partial charge in [0, 0.05) is 0 Å². The molecule has 0 radical (unpaired) electrons. The van der Waals surface area contributed by atoms with E-state index < -0.39 is 0 Å². The minimum Gasteiger partial charge on any atom is -0.0770 e. The van der Waals surface area contributed by atoms with Crippen molar-refractivity contribution in [1.82, 2.24) is 0 Å². The van der Waals surface area contributed by atoms with Crippen LogP contribution in [0.4, 0.5) is 0 Å². The van der Waals surface area contributed by atoms with Crippen LogP contribution in [0, 0.1) is 0 Å². The molecule has 0 N–H and O–H groups in total. The molecule has 0 fully saturated rings. The molecule has 56 valence electrons. The van der Waals surface area contributed by atoms with Crippen molar-refractivity contribution in [3.8, 4) is 0 Å². The smallest absolute Gasteiger partial charge is 0.0770 e. The molecule has 2 rings (SSSR count).